The van der Waals surface area contributed by atoms with Crippen molar-refractivity contribution in [3.8, 4) is 0 Å². The Balaban J connectivity index is 2.98. The van der Waals surface area contributed by atoms with Crippen LogP contribution >= 0.6 is 15.9 Å². The Labute approximate surface area is 91.3 Å². The fourth-order valence-corrected chi connectivity index (χ4v) is 1.95. The topological polar surface area (TPSA) is 38.9 Å². The van der Waals surface area contributed by atoms with Gasteiger partial charge in [-0.1, -0.05) is 12.1 Å². The van der Waals surface area contributed by atoms with Crippen molar-refractivity contribution in [2.24, 2.45) is 0 Å². The second-order valence-electron chi connectivity index (χ2n) is 3.37. The van der Waals surface area contributed by atoms with E-state index in [0.29, 0.717) is 0 Å². The number of para-hydroxylation sites is 1. The lowest BCUT2D eigenvalue weighted by molar-refractivity contribution is 1.20. The zero-order valence-corrected chi connectivity index (χ0v) is 9.72. The molecule has 2 aromatic rings. The average Bonchev–Trinajstić information content (AvgIpc) is 2.17. The number of halogens is 1. The smallest absolute Gasteiger partial charge is 0.0868 e. The number of nitrogens with zero attached hydrogens (tertiary/aromatic N) is 1. The molecule has 1 heterocycles. The van der Waals surface area contributed by atoms with Gasteiger partial charge >= 0.3 is 0 Å². The van der Waals surface area contributed by atoms with Gasteiger partial charge in [-0.15, -0.1) is 0 Å². The first-order valence-electron chi connectivity index (χ1n) is 4.42. The molecule has 0 amide bonds. The molecule has 0 bridgehead atoms. The number of fused-ring (bicyclic) bond motifs is 1. The summed E-state index contributed by atoms with van der Waals surface area (Å²) in [5.74, 6) is 0. The predicted octanol–water partition coefficient (Wildman–Crippen LogP) is 3.20. The molecule has 0 aliphatic carbocycles. The van der Waals surface area contributed by atoms with Crippen molar-refractivity contribution >= 4 is 32.5 Å². The number of hydrogen-bond donors (Lipinski definition) is 1. The van der Waals surface area contributed by atoms with Crippen molar-refractivity contribution in [3.05, 3.63) is 33.9 Å². The summed E-state index contributed by atoms with van der Waals surface area (Å²) in [4.78, 5) is 4.51. The van der Waals surface area contributed by atoms with Crippen LogP contribution in [0.1, 0.15) is 11.3 Å². The van der Waals surface area contributed by atoms with Crippen molar-refractivity contribution in [1.82, 2.24) is 4.98 Å². The number of rotatable bonds is 0. The zero-order valence-electron chi connectivity index (χ0n) is 8.13. The van der Waals surface area contributed by atoms with Crippen molar-refractivity contribution in [3.63, 3.8) is 0 Å². The Kier molecular flexibility index (Phi) is 2.19. The summed E-state index contributed by atoms with van der Waals surface area (Å²) in [5, 5.41) is 1.02. The van der Waals surface area contributed by atoms with Crippen molar-refractivity contribution in [2.45, 2.75) is 13.8 Å². The first-order chi connectivity index (χ1) is 6.61. The van der Waals surface area contributed by atoms with Gasteiger partial charge in [-0.25, -0.2) is 0 Å². The molecule has 0 unspecified atom stereocenters. The molecule has 1 aromatic carbocycles. The van der Waals surface area contributed by atoms with Crippen LogP contribution in [0.25, 0.3) is 10.9 Å². The second-order valence-corrected chi connectivity index (χ2v) is 4.23. The molecule has 2 rings (SSSR count). The van der Waals surface area contributed by atoms with Gasteiger partial charge in [0.2, 0.25) is 0 Å². The molecule has 3 heteroatoms. The number of nitrogen functional groups attached to an aromatic ring is 1. The third-order valence-corrected chi connectivity index (χ3v) is 3.14. The molecule has 0 spiro atoms. The van der Waals surface area contributed by atoms with Crippen LogP contribution in [0, 0.1) is 13.8 Å². The summed E-state index contributed by atoms with van der Waals surface area (Å²) < 4.78 is 0.991. The monoisotopic (exact) mass is 250 g/mol. The number of benzene rings is 1. The third-order valence-electron chi connectivity index (χ3n) is 2.50. The van der Waals surface area contributed by atoms with Gasteiger partial charge in [0, 0.05) is 21.2 Å². The van der Waals surface area contributed by atoms with Crippen LogP contribution in [0.2, 0.25) is 0 Å². The fourth-order valence-electron chi connectivity index (χ4n) is 1.49. The van der Waals surface area contributed by atoms with E-state index in [9.17, 15) is 0 Å². The van der Waals surface area contributed by atoms with E-state index in [0.717, 1.165) is 32.3 Å². The molecule has 2 nitrogen and oxygen atoms in total. The van der Waals surface area contributed by atoms with E-state index in [1.54, 1.807) is 0 Å². The Bertz CT molecular complexity index is 506. The van der Waals surface area contributed by atoms with Crippen LogP contribution in [0.5, 0.6) is 0 Å². The lowest BCUT2D eigenvalue weighted by Gasteiger charge is -2.08. The molecule has 0 aliphatic rings. The highest BCUT2D eigenvalue weighted by atomic mass is 79.9. The van der Waals surface area contributed by atoms with Gasteiger partial charge in [-0.05, 0) is 41.4 Å². The quantitative estimate of drug-likeness (QED) is 0.780. The largest absolute Gasteiger partial charge is 0.398 e. The van der Waals surface area contributed by atoms with Gasteiger partial charge in [0.1, 0.15) is 0 Å². The highest BCUT2D eigenvalue weighted by Gasteiger charge is 2.07. The molecular formula is C11H11BrN2. The SMILES string of the molecule is Cc1nc2c(Br)cccc2c(N)c1C. The molecule has 14 heavy (non-hydrogen) atoms. The van der Waals surface area contributed by atoms with Crippen LogP contribution < -0.4 is 5.73 Å². The van der Waals surface area contributed by atoms with E-state index in [4.69, 9.17) is 5.73 Å². The molecule has 72 valence electrons. The van der Waals surface area contributed by atoms with Gasteiger partial charge in [-0.3, -0.25) is 4.98 Å². The molecule has 1 aromatic heterocycles. The minimum atomic E-state index is 0.828. The maximum Gasteiger partial charge on any atom is 0.0868 e. The number of anilines is 1. The van der Waals surface area contributed by atoms with Crippen LogP contribution in [0.15, 0.2) is 22.7 Å². The second kappa shape index (κ2) is 3.24. The lowest BCUT2D eigenvalue weighted by atomic mass is 10.1. The molecule has 0 atom stereocenters. The summed E-state index contributed by atoms with van der Waals surface area (Å²) >= 11 is 3.47. The van der Waals surface area contributed by atoms with E-state index in [1.807, 2.05) is 32.0 Å². The first kappa shape index (κ1) is 9.46. The maximum atomic E-state index is 6.03. The standard InChI is InChI=1S/C11H11BrN2/c1-6-7(2)14-11-8(10(6)13)4-3-5-9(11)12/h3-5H,1-2H3,(H2,13,14). The summed E-state index contributed by atoms with van der Waals surface area (Å²) in [7, 11) is 0. The summed E-state index contributed by atoms with van der Waals surface area (Å²) in [6.07, 6.45) is 0. The maximum absolute atomic E-state index is 6.03. The zero-order chi connectivity index (χ0) is 10.3. The number of aryl methyl sites for hydroxylation is 1. The van der Waals surface area contributed by atoms with Gasteiger partial charge in [0.15, 0.2) is 0 Å². The number of nitrogens with two attached hydrogens (primary N) is 1. The minimum Gasteiger partial charge on any atom is -0.398 e. The number of aromatic nitrogens is 1. The van der Waals surface area contributed by atoms with Gasteiger partial charge < -0.3 is 5.73 Å². The highest BCUT2D eigenvalue weighted by Crippen LogP contribution is 2.29. The number of hydrogen-bond acceptors (Lipinski definition) is 2. The van der Waals surface area contributed by atoms with Crippen LogP contribution in [0.4, 0.5) is 5.69 Å². The van der Waals surface area contributed by atoms with Gasteiger partial charge in [-0.2, -0.15) is 0 Å². The Morgan fingerprint density at radius 2 is 2.00 bits per heavy atom. The molecule has 0 fully saturated rings. The molecule has 0 saturated heterocycles. The van der Waals surface area contributed by atoms with Crippen LogP contribution in [-0.4, -0.2) is 4.98 Å². The van der Waals surface area contributed by atoms with E-state index < -0.39 is 0 Å². The third kappa shape index (κ3) is 1.28. The Morgan fingerprint density at radius 1 is 1.29 bits per heavy atom. The van der Waals surface area contributed by atoms with E-state index in [-0.39, 0.29) is 0 Å². The van der Waals surface area contributed by atoms with Gasteiger partial charge in [0.25, 0.3) is 0 Å². The fraction of sp³-hybridized carbons (Fsp3) is 0.182. The molecule has 0 saturated carbocycles. The van der Waals surface area contributed by atoms with E-state index >= 15 is 0 Å². The van der Waals surface area contributed by atoms with E-state index in [1.165, 1.54) is 0 Å². The summed E-state index contributed by atoms with van der Waals surface area (Å²) in [6, 6.07) is 5.94. The molecule has 0 aliphatic heterocycles. The minimum absolute atomic E-state index is 0.828. The normalized spacial score (nSPS) is 10.8. The van der Waals surface area contributed by atoms with Crippen molar-refractivity contribution in [1.29, 1.82) is 0 Å². The van der Waals surface area contributed by atoms with Crippen LogP contribution in [0.3, 0.4) is 0 Å². The number of pyridine rings is 1. The molecule has 0 radical (unpaired) electrons. The summed E-state index contributed by atoms with van der Waals surface area (Å²) in [6.45, 7) is 3.97. The molecule has 2 N–H and O–H groups in total. The first-order valence-corrected chi connectivity index (χ1v) is 5.21. The average molecular weight is 251 g/mol. The van der Waals surface area contributed by atoms with Crippen LogP contribution in [-0.2, 0) is 0 Å². The summed E-state index contributed by atoms with van der Waals surface area (Å²) in [5.41, 5.74) is 9.85. The Hall–Kier alpha value is -1.09. The Morgan fingerprint density at radius 3 is 2.71 bits per heavy atom. The van der Waals surface area contributed by atoms with E-state index in [2.05, 4.69) is 20.9 Å². The van der Waals surface area contributed by atoms with Crippen molar-refractivity contribution < 1.29 is 0 Å². The molecular weight excluding hydrogens is 240 g/mol. The lowest BCUT2D eigenvalue weighted by Crippen LogP contribution is -1.97. The predicted molar refractivity (Wildman–Crippen MR) is 63.3 cm³/mol. The van der Waals surface area contributed by atoms with Crippen molar-refractivity contribution in [2.75, 3.05) is 5.73 Å². The highest BCUT2D eigenvalue weighted by molar-refractivity contribution is 9.10. The van der Waals surface area contributed by atoms with Gasteiger partial charge in [0.05, 0.1) is 5.52 Å².